The molecular formula is C16H27N3O3. The van der Waals surface area contributed by atoms with Gasteiger partial charge >= 0.3 is 0 Å². The zero-order valence-corrected chi connectivity index (χ0v) is 14.2. The normalized spacial score (nSPS) is 9.86. The predicted octanol–water partition coefficient (Wildman–Crippen LogP) is 1.83. The fourth-order valence-corrected chi connectivity index (χ4v) is 2.16. The van der Waals surface area contributed by atoms with Crippen molar-refractivity contribution in [2.45, 2.75) is 20.3 Å². The van der Waals surface area contributed by atoms with Crippen molar-refractivity contribution in [1.29, 1.82) is 0 Å². The average Bonchev–Trinajstić information content (AvgIpc) is 2.54. The van der Waals surface area contributed by atoms with Gasteiger partial charge in [0.15, 0.2) is 17.5 Å². The first kappa shape index (κ1) is 17.9. The standard InChI is InChI=1S/C16H27N3O3/c1-6-17-16(18-7-2)19-11-10-12-8-9-13(20-3)15(22-5)14(12)21-4/h8-9H,6-7,10-11H2,1-5H3,(H2,17,18,19). The van der Waals surface area contributed by atoms with Crippen molar-refractivity contribution in [1.82, 2.24) is 10.6 Å². The molecule has 0 aliphatic heterocycles. The number of nitrogens with zero attached hydrogens (tertiary/aromatic N) is 1. The van der Waals surface area contributed by atoms with Crippen molar-refractivity contribution in [2.75, 3.05) is 41.0 Å². The lowest BCUT2D eigenvalue weighted by molar-refractivity contribution is 0.322. The van der Waals surface area contributed by atoms with Gasteiger partial charge in [-0.1, -0.05) is 6.07 Å². The maximum absolute atomic E-state index is 5.48. The van der Waals surface area contributed by atoms with Gasteiger partial charge in [0.05, 0.1) is 21.3 Å². The second kappa shape index (κ2) is 9.76. The van der Waals surface area contributed by atoms with Crippen LogP contribution in [-0.4, -0.2) is 46.9 Å². The molecule has 6 heteroatoms. The number of guanidine groups is 1. The summed E-state index contributed by atoms with van der Waals surface area (Å²) in [5, 5.41) is 6.40. The number of nitrogens with one attached hydrogen (secondary N) is 2. The van der Waals surface area contributed by atoms with Gasteiger partial charge in [-0.15, -0.1) is 0 Å². The minimum absolute atomic E-state index is 0.616. The highest BCUT2D eigenvalue weighted by Crippen LogP contribution is 2.39. The first-order valence-electron chi connectivity index (χ1n) is 7.51. The molecule has 22 heavy (non-hydrogen) atoms. The smallest absolute Gasteiger partial charge is 0.203 e. The first-order valence-corrected chi connectivity index (χ1v) is 7.51. The van der Waals surface area contributed by atoms with E-state index in [1.54, 1.807) is 21.3 Å². The second-order valence-electron chi connectivity index (χ2n) is 4.53. The molecule has 0 saturated heterocycles. The third-order valence-electron chi connectivity index (χ3n) is 3.13. The molecule has 0 spiro atoms. The van der Waals surface area contributed by atoms with Gasteiger partial charge in [-0.3, -0.25) is 4.99 Å². The van der Waals surface area contributed by atoms with E-state index >= 15 is 0 Å². The molecule has 0 amide bonds. The Kier molecular flexibility index (Phi) is 7.96. The van der Waals surface area contributed by atoms with E-state index in [1.165, 1.54) is 0 Å². The minimum Gasteiger partial charge on any atom is -0.493 e. The second-order valence-corrected chi connectivity index (χ2v) is 4.53. The zero-order valence-electron chi connectivity index (χ0n) is 14.2. The fourth-order valence-electron chi connectivity index (χ4n) is 2.16. The summed E-state index contributed by atoms with van der Waals surface area (Å²) >= 11 is 0. The van der Waals surface area contributed by atoms with E-state index in [0.29, 0.717) is 23.8 Å². The summed E-state index contributed by atoms with van der Waals surface area (Å²) in [6, 6.07) is 3.87. The zero-order chi connectivity index (χ0) is 16.4. The van der Waals surface area contributed by atoms with Gasteiger partial charge < -0.3 is 24.8 Å². The molecule has 0 aliphatic rings. The summed E-state index contributed by atoms with van der Waals surface area (Å²) < 4.78 is 16.2. The Morgan fingerprint density at radius 2 is 1.59 bits per heavy atom. The van der Waals surface area contributed by atoms with Crippen molar-refractivity contribution < 1.29 is 14.2 Å². The van der Waals surface area contributed by atoms with E-state index in [2.05, 4.69) is 15.6 Å². The van der Waals surface area contributed by atoms with Gasteiger partial charge in [0.25, 0.3) is 0 Å². The lowest BCUT2D eigenvalue weighted by atomic mass is 10.1. The van der Waals surface area contributed by atoms with Crippen molar-refractivity contribution >= 4 is 5.96 Å². The van der Waals surface area contributed by atoms with E-state index in [9.17, 15) is 0 Å². The van der Waals surface area contributed by atoms with Crippen LogP contribution in [0.15, 0.2) is 17.1 Å². The number of benzene rings is 1. The van der Waals surface area contributed by atoms with Crippen molar-refractivity contribution in [3.05, 3.63) is 17.7 Å². The first-order chi connectivity index (χ1) is 10.7. The molecule has 0 radical (unpaired) electrons. The van der Waals surface area contributed by atoms with Crippen LogP contribution in [0.25, 0.3) is 0 Å². The Bertz CT molecular complexity index is 482. The summed E-state index contributed by atoms with van der Waals surface area (Å²) in [6.07, 6.45) is 0.754. The van der Waals surface area contributed by atoms with Crippen LogP contribution in [-0.2, 0) is 6.42 Å². The highest BCUT2D eigenvalue weighted by atomic mass is 16.5. The molecule has 0 bridgehead atoms. The van der Waals surface area contributed by atoms with Gasteiger partial charge in [0.2, 0.25) is 5.75 Å². The van der Waals surface area contributed by atoms with E-state index in [4.69, 9.17) is 14.2 Å². The van der Waals surface area contributed by atoms with Crippen LogP contribution in [0.2, 0.25) is 0 Å². The summed E-state index contributed by atoms with van der Waals surface area (Å²) in [4.78, 5) is 4.54. The summed E-state index contributed by atoms with van der Waals surface area (Å²) in [6.45, 7) is 6.42. The third kappa shape index (κ3) is 4.72. The minimum atomic E-state index is 0.616. The van der Waals surface area contributed by atoms with Crippen LogP contribution in [0, 0.1) is 0 Å². The molecular weight excluding hydrogens is 282 g/mol. The molecule has 0 aromatic heterocycles. The van der Waals surface area contributed by atoms with Gasteiger partial charge in [-0.25, -0.2) is 0 Å². The molecule has 1 aromatic carbocycles. The Balaban J connectivity index is 2.87. The number of ether oxygens (including phenoxy) is 3. The van der Waals surface area contributed by atoms with Crippen LogP contribution in [0.5, 0.6) is 17.2 Å². The van der Waals surface area contributed by atoms with Gasteiger partial charge in [-0.2, -0.15) is 0 Å². The molecule has 1 rings (SSSR count). The quantitative estimate of drug-likeness (QED) is 0.566. The van der Waals surface area contributed by atoms with Gasteiger partial charge in [-0.05, 0) is 26.3 Å². The number of hydrogen-bond acceptors (Lipinski definition) is 4. The number of methoxy groups -OCH3 is 3. The molecule has 0 aliphatic carbocycles. The van der Waals surface area contributed by atoms with Crippen molar-refractivity contribution in [2.24, 2.45) is 4.99 Å². The van der Waals surface area contributed by atoms with Crippen molar-refractivity contribution in [3.8, 4) is 17.2 Å². The van der Waals surface area contributed by atoms with Gasteiger partial charge in [0, 0.05) is 25.2 Å². The van der Waals surface area contributed by atoms with E-state index in [1.807, 2.05) is 26.0 Å². The molecule has 2 N–H and O–H groups in total. The summed E-state index contributed by atoms with van der Waals surface area (Å²) in [5.41, 5.74) is 1.04. The lowest BCUT2D eigenvalue weighted by Crippen LogP contribution is -2.37. The van der Waals surface area contributed by atoms with E-state index in [-0.39, 0.29) is 0 Å². The Morgan fingerprint density at radius 3 is 2.09 bits per heavy atom. The lowest BCUT2D eigenvalue weighted by Gasteiger charge is -2.15. The number of aliphatic imine (C=N–C) groups is 1. The van der Waals surface area contributed by atoms with E-state index < -0.39 is 0 Å². The largest absolute Gasteiger partial charge is 0.493 e. The maximum atomic E-state index is 5.48. The fraction of sp³-hybridized carbons (Fsp3) is 0.562. The van der Waals surface area contributed by atoms with Crippen LogP contribution >= 0.6 is 0 Å². The molecule has 1 aromatic rings. The highest BCUT2D eigenvalue weighted by molar-refractivity contribution is 5.79. The molecule has 0 unspecified atom stereocenters. The maximum Gasteiger partial charge on any atom is 0.203 e. The summed E-state index contributed by atoms with van der Waals surface area (Å²) in [7, 11) is 4.85. The Morgan fingerprint density at radius 1 is 0.955 bits per heavy atom. The number of rotatable bonds is 8. The van der Waals surface area contributed by atoms with Crippen LogP contribution in [0.3, 0.4) is 0 Å². The van der Waals surface area contributed by atoms with E-state index in [0.717, 1.165) is 31.0 Å². The molecule has 0 fully saturated rings. The SMILES string of the molecule is CCNC(=NCCc1ccc(OC)c(OC)c1OC)NCC. The molecule has 0 heterocycles. The average molecular weight is 309 g/mol. The highest BCUT2D eigenvalue weighted by Gasteiger charge is 2.15. The topological polar surface area (TPSA) is 64.1 Å². The molecule has 124 valence electrons. The predicted molar refractivity (Wildman–Crippen MR) is 89.5 cm³/mol. The third-order valence-corrected chi connectivity index (χ3v) is 3.13. The van der Waals surface area contributed by atoms with Crippen molar-refractivity contribution in [3.63, 3.8) is 0 Å². The molecule has 0 atom stereocenters. The summed E-state index contributed by atoms with van der Waals surface area (Å²) in [5.74, 6) is 2.80. The molecule has 6 nitrogen and oxygen atoms in total. The van der Waals surface area contributed by atoms with Crippen LogP contribution < -0.4 is 24.8 Å². The van der Waals surface area contributed by atoms with Crippen LogP contribution in [0.1, 0.15) is 19.4 Å². The molecule has 0 saturated carbocycles. The Hall–Kier alpha value is -2.11. The van der Waals surface area contributed by atoms with Crippen LogP contribution in [0.4, 0.5) is 0 Å². The Labute approximate surface area is 132 Å². The monoisotopic (exact) mass is 309 g/mol. The number of hydrogen-bond donors (Lipinski definition) is 2. The van der Waals surface area contributed by atoms with Gasteiger partial charge in [0.1, 0.15) is 0 Å².